The van der Waals surface area contributed by atoms with Gasteiger partial charge in [-0.05, 0) is 25.1 Å². The van der Waals surface area contributed by atoms with Gasteiger partial charge in [-0.2, -0.15) is 5.10 Å². The third kappa shape index (κ3) is 2.02. The van der Waals surface area contributed by atoms with Crippen LogP contribution >= 0.6 is 11.6 Å². The minimum absolute atomic E-state index is 0.0677. The van der Waals surface area contributed by atoms with Gasteiger partial charge >= 0.3 is 5.97 Å². The number of fused-ring (bicyclic) bond motifs is 1. The largest absolute Gasteiger partial charge is 0.477 e. The first-order chi connectivity index (χ1) is 9.56. The van der Waals surface area contributed by atoms with Crippen molar-refractivity contribution in [1.29, 1.82) is 0 Å². The van der Waals surface area contributed by atoms with Gasteiger partial charge in [-0.3, -0.25) is 0 Å². The van der Waals surface area contributed by atoms with Crippen LogP contribution in [0.4, 0.5) is 0 Å². The summed E-state index contributed by atoms with van der Waals surface area (Å²) in [4.78, 5) is 15.8. The molecule has 0 aliphatic heterocycles. The van der Waals surface area contributed by atoms with Gasteiger partial charge in [0.15, 0.2) is 11.3 Å². The minimum atomic E-state index is -1.05. The van der Waals surface area contributed by atoms with Crippen LogP contribution in [-0.2, 0) is 0 Å². The van der Waals surface area contributed by atoms with E-state index in [0.717, 1.165) is 11.1 Å². The molecule has 0 fully saturated rings. The molecule has 0 saturated heterocycles. The molecule has 0 bridgehead atoms. The second-order valence-corrected chi connectivity index (χ2v) is 4.84. The summed E-state index contributed by atoms with van der Waals surface area (Å²) >= 11 is 5.96. The van der Waals surface area contributed by atoms with E-state index in [9.17, 15) is 9.90 Å². The van der Waals surface area contributed by atoms with Gasteiger partial charge in [-0.1, -0.05) is 23.7 Å². The Labute approximate surface area is 119 Å². The Hall–Kier alpha value is -2.40. The zero-order chi connectivity index (χ0) is 14.3. The van der Waals surface area contributed by atoms with E-state index in [1.54, 1.807) is 24.4 Å². The number of hydrogen-bond acceptors (Lipinski definition) is 3. The van der Waals surface area contributed by atoms with E-state index in [4.69, 9.17) is 11.6 Å². The highest BCUT2D eigenvalue weighted by Gasteiger charge is 2.15. The van der Waals surface area contributed by atoms with Crippen molar-refractivity contribution in [3.63, 3.8) is 0 Å². The summed E-state index contributed by atoms with van der Waals surface area (Å²) in [6.07, 6.45) is 1.59. The number of halogens is 1. The molecule has 0 unspecified atom stereocenters. The van der Waals surface area contributed by atoms with Crippen LogP contribution in [0.1, 0.15) is 16.1 Å². The smallest absolute Gasteiger partial charge is 0.354 e. The quantitative estimate of drug-likeness (QED) is 0.786. The van der Waals surface area contributed by atoms with E-state index in [-0.39, 0.29) is 5.69 Å². The van der Waals surface area contributed by atoms with Crippen molar-refractivity contribution in [3.05, 3.63) is 52.8 Å². The molecule has 2 heterocycles. The van der Waals surface area contributed by atoms with Gasteiger partial charge in [0, 0.05) is 16.1 Å². The second-order valence-electron chi connectivity index (χ2n) is 4.41. The molecular formula is C14H10ClN3O2. The highest BCUT2D eigenvalue weighted by atomic mass is 35.5. The first kappa shape index (κ1) is 12.6. The number of aryl methyl sites for hydroxylation is 1. The number of carbonyl (C=O) groups is 1. The maximum atomic E-state index is 11.4. The number of carboxylic acid groups (broad SMARTS) is 1. The summed E-state index contributed by atoms with van der Waals surface area (Å²) in [7, 11) is 0. The Bertz CT molecular complexity index is 826. The lowest BCUT2D eigenvalue weighted by Crippen LogP contribution is -2.08. The lowest BCUT2D eigenvalue weighted by atomic mass is 10.1. The zero-order valence-corrected chi connectivity index (χ0v) is 11.3. The normalized spacial score (nSPS) is 10.9. The number of hydrogen-bond donors (Lipinski definition) is 1. The van der Waals surface area contributed by atoms with Gasteiger partial charge in [0.2, 0.25) is 0 Å². The molecule has 3 rings (SSSR count). The van der Waals surface area contributed by atoms with Gasteiger partial charge < -0.3 is 5.11 Å². The van der Waals surface area contributed by atoms with Crippen molar-refractivity contribution in [2.75, 3.05) is 0 Å². The number of rotatable bonds is 2. The van der Waals surface area contributed by atoms with Crippen molar-refractivity contribution in [2.45, 2.75) is 6.92 Å². The Morgan fingerprint density at radius 1 is 1.35 bits per heavy atom. The average molecular weight is 288 g/mol. The summed E-state index contributed by atoms with van der Waals surface area (Å²) < 4.78 is 1.33. The van der Waals surface area contributed by atoms with Crippen molar-refractivity contribution in [1.82, 2.24) is 14.6 Å². The molecule has 0 aliphatic rings. The number of benzene rings is 1. The molecule has 1 aromatic carbocycles. The van der Waals surface area contributed by atoms with Gasteiger partial charge in [-0.25, -0.2) is 14.3 Å². The van der Waals surface area contributed by atoms with E-state index in [0.29, 0.717) is 16.4 Å². The van der Waals surface area contributed by atoms with Crippen molar-refractivity contribution >= 4 is 23.2 Å². The monoisotopic (exact) mass is 287 g/mol. The lowest BCUT2D eigenvalue weighted by molar-refractivity contribution is 0.0687. The Kier molecular flexibility index (Phi) is 2.91. The fraction of sp³-hybridized carbons (Fsp3) is 0.0714. The molecule has 20 heavy (non-hydrogen) atoms. The minimum Gasteiger partial charge on any atom is -0.477 e. The fourth-order valence-electron chi connectivity index (χ4n) is 2.02. The molecule has 0 radical (unpaired) electrons. The Morgan fingerprint density at radius 2 is 2.15 bits per heavy atom. The van der Waals surface area contributed by atoms with Gasteiger partial charge in [-0.15, -0.1) is 0 Å². The van der Waals surface area contributed by atoms with Crippen molar-refractivity contribution in [2.24, 2.45) is 0 Å². The van der Waals surface area contributed by atoms with Gasteiger partial charge in [0.05, 0.1) is 11.9 Å². The van der Waals surface area contributed by atoms with Gasteiger partial charge in [0.25, 0.3) is 0 Å². The van der Waals surface area contributed by atoms with Crippen LogP contribution in [0.2, 0.25) is 5.02 Å². The van der Waals surface area contributed by atoms with E-state index in [2.05, 4.69) is 10.1 Å². The topological polar surface area (TPSA) is 67.5 Å². The van der Waals surface area contributed by atoms with E-state index in [1.165, 1.54) is 10.6 Å². The summed E-state index contributed by atoms with van der Waals surface area (Å²) in [5, 5.41) is 13.9. The molecule has 6 heteroatoms. The maximum absolute atomic E-state index is 11.4. The van der Waals surface area contributed by atoms with Crippen LogP contribution in [0.15, 0.2) is 36.5 Å². The molecule has 0 aliphatic carbocycles. The maximum Gasteiger partial charge on any atom is 0.354 e. The van der Waals surface area contributed by atoms with Crippen LogP contribution in [0.25, 0.3) is 16.9 Å². The van der Waals surface area contributed by atoms with Crippen LogP contribution in [0.3, 0.4) is 0 Å². The van der Waals surface area contributed by atoms with Crippen LogP contribution in [0, 0.1) is 6.92 Å². The predicted molar refractivity (Wildman–Crippen MR) is 75.1 cm³/mol. The van der Waals surface area contributed by atoms with Crippen LogP contribution < -0.4 is 0 Å². The summed E-state index contributed by atoms with van der Waals surface area (Å²) in [6.45, 7) is 1.84. The lowest BCUT2D eigenvalue weighted by Gasteiger charge is -2.06. The third-order valence-corrected chi connectivity index (χ3v) is 3.22. The number of carboxylic acids is 1. The molecule has 0 saturated carbocycles. The SMILES string of the molecule is Cc1cnn2c(C(=O)O)cc(-c3cccc(Cl)c3)nc12. The highest BCUT2D eigenvalue weighted by molar-refractivity contribution is 6.30. The van der Waals surface area contributed by atoms with Crippen molar-refractivity contribution in [3.8, 4) is 11.3 Å². The molecular weight excluding hydrogens is 278 g/mol. The second kappa shape index (κ2) is 4.61. The molecule has 0 amide bonds. The van der Waals surface area contributed by atoms with Crippen molar-refractivity contribution < 1.29 is 9.90 Å². The molecule has 5 nitrogen and oxygen atoms in total. The predicted octanol–water partition coefficient (Wildman–Crippen LogP) is 3.06. The molecule has 2 aromatic heterocycles. The molecule has 0 spiro atoms. The molecule has 0 atom stereocenters. The Morgan fingerprint density at radius 3 is 2.85 bits per heavy atom. The molecule has 1 N–H and O–H groups in total. The van der Waals surface area contributed by atoms with Gasteiger partial charge in [0.1, 0.15) is 0 Å². The van der Waals surface area contributed by atoms with E-state index >= 15 is 0 Å². The first-order valence-corrected chi connectivity index (χ1v) is 6.28. The number of aromatic carboxylic acids is 1. The van der Waals surface area contributed by atoms with E-state index in [1.807, 2.05) is 13.0 Å². The Balaban J connectivity index is 2.31. The first-order valence-electron chi connectivity index (χ1n) is 5.91. The van der Waals surface area contributed by atoms with Crippen LogP contribution in [-0.4, -0.2) is 25.7 Å². The standard InChI is InChI=1S/C14H10ClN3O2/c1-8-7-16-18-12(14(19)20)6-11(17-13(8)18)9-3-2-4-10(15)5-9/h2-7H,1H3,(H,19,20). The highest BCUT2D eigenvalue weighted by Crippen LogP contribution is 2.23. The number of aromatic nitrogens is 3. The fourth-order valence-corrected chi connectivity index (χ4v) is 2.21. The summed E-state index contributed by atoms with van der Waals surface area (Å²) in [5.74, 6) is -1.05. The molecule has 3 aromatic rings. The third-order valence-electron chi connectivity index (χ3n) is 2.99. The average Bonchev–Trinajstić information content (AvgIpc) is 2.79. The molecule has 100 valence electrons. The summed E-state index contributed by atoms with van der Waals surface area (Å²) in [5.41, 5.74) is 2.73. The summed E-state index contributed by atoms with van der Waals surface area (Å²) in [6, 6.07) is 8.63. The zero-order valence-electron chi connectivity index (χ0n) is 10.5. The van der Waals surface area contributed by atoms with E-state index < -0.39 is 5.97 Å². The number of nitrogens with zero attached hydrogens (tertiary/aromatic N) is 3. The van der Waals surface area contributed by atoms with Crippen LogP contribution in [0.5, 0.6) is 0 Å².